The van der Waals surface area contributed by atoms with Gasteiger partial charge in [-0.2, -0.15) is 0 Å². The van der Waals surface area contributed by atoms with Gasteiger partial charge in [-0.05, 0) is 18.6 Å². The number of rotatable bonds is 10. The van der Waals surface area contributed by atoms with E-state index in [1.54, 1.807) is 13.3 Å². The molecule has 0 saturated carbocycles. The number of aromatic nitrogens is 1. The number of hydrogen-bond donors (Lipinski definition) is 1. The molecule has 0 aliphatic rings. The summed E-state index contributed by atoms with van der Waals surface area (Å²) in [6.45, 7) is 3.20. The van der Waals surface area contributed by atoms with Gasteiger partial charge in [0.25, 0.3) is 0 Å². The lowest BCUT2D eigenvalue weighted by atomic mass is 10.3. The minimum absolute atomic E-state index is 0.535. The maximum absolute atomic E-state index is 5.52. The smallest absolute Gasteiger partial charge is 0.0888 e. The Morgan fingerprint density at radius 3 is 2.78 bits per heavy atom. The molecule has 1 heterocycles. The fourth-order valence-electron chi connectivity index (χ4n) is 1.40. The molecule has 0 aliphatic carbocycles. The molecular weight excluding hydrogens is 232 g/mol. The van der Waals surface area contributed by atoms with E-state index in [2.05, 4.69) is 10.3 Å². The van der Waals surface area contributed by atoms with Crippen molar-refractivity contribution in [2.24, 2.45) is 0 Å². The number of nitrogens with zero attached hydrogens (tertiary/aromatic N) is 1. The standard InChI is InChI=1S/C13H22N2O3/c1-14-12-4-5-15-13(10-12)11-18-7-3-6-17-9-8-16-2/h4-5,10H,3,6-9,11H2,1-2H3,(H,14,15). The molecular formula is C13H22N2O3. The van der Waals surface area contributed by atoms with Crippen LogP contribution >= 0.6 is 0 Å². The molecule has 1 rings (SSSR count). The summed E-state index contributed by atoms with van der Waals surface area (Å²) in [6, 6.07) is 3.90. The summed E-state index contributed by atoms with van der Waals surface area (Å²) in [5.41, 5.74) is 1.98. The third-order valence-electron chi connectivity index (χ3n) is 2.36. The van der Waals surface area contributed by atoms with Crippen LogP contribution in [0.3, 0.4) is 0 Å². The summed E-state index contributed by atoms with van der Waals surface area (Å²) in [5, 5.41) is 3.07. The van der Waals surface area contributed by atoms with Gasteiger partial charge in [-0.25, -0.2) is 0 Å². The van der Waals surface area contributed by atoms with E-state index in [0.717, 1.165) is 17.8 Å². The van der Waals surface area contributed by atoms with Crippen molar-refractivity contribution >= 4 is 5.69 Å². The van der Waals surface area contributed by atoms with Gasteiger partial charge in [-0.1, -0.05) is 0 Å². The van der Waals surface area contributed by atoms with Gasteiger partial charge in [-0.3, -0.25) is 4.98 Å². The van der Waals surface area contributed by atoms with Crippen LogP contribution in [-0.2, 0) is 20.8 Å². The monoisotopic (exact) mass is 254 g/mol. The van der Waals surface area contributed by atoms with Crippen molar-refractivity contribution in [2.75, 3.05) is 45.9 Å². The Morgan fingerprint density at radius 2 is 2.00 bits per heavy atom. The van der Waals surface area contributed by atoms with Crippen LogP contribution in [-0.4, -0.2) is 45.6 Å². The zero-order valence-corrected chi connectivity index (χ0v) is 11.1. The third-order valence-corrected chi connectivity index (χ3v) is 2.36. The van der Waals surface area contributed by atoms with E-state index in [-0.39, 0.29) is 0 Å². The Balaban J connectivity index is 2.03. The van der Waals surface area contributed by atoms with Gasteiger partial charge in [0.15, 0.2) is 0 Å². The average molecular weight is 254 g/mol. The van der Waals surface area contributed by atoms with Crippen LogP contribution < -0.4 is 5.32 Å². The first-order valence-corrected chi connectivity index (χ1v) is 6.14. The Kier molecular flexibility index (Phi) is 8.12. The highest BCUT2D eigenvalue weighted by molar-refractivity contribution is 5.42. The second-order valence-electron chi connectivity index (χ2n) is 3.80. The van der Waals surface area contributed by atoms with Crippen molar-refractivity contribution in [3.8, 4) is 0 Å². The summed E-state index contributed by atoms with van der Waals surface area (Å²) in [7, 11) is 3.55. The zero-order valence-electron chi connectivity index (χ0n) is 11.1. The van der Waals surface area contributed by atoms with Crippen LogP contribution in [0.5, 0.6) is 0 Å². The predicted octanol–water partition coefficient (Wildman–Crippen LogP) is 1.69. The van der Waals surface area contributed by atoms with Gasteiger partial charge < -0.3 is 19.5 Å². The van der Waals surface area contributed by atoms with E-state index in [1.165, 1.54) is 0 Å². The molecule has 0 spiro atoms. The lowest BCUT2D eigenvalue weighted by Crippen LogP contribution is -2.06. The zero-order chi connectivity index (χ0) is 13.1. The predicted molar refractivity (Wildman–Crippen MR) is 70.8 cm³/mol. The number of anilines is 1. The maximum Gasteiger partial charge on any atom is 0.0888 e. The molecule has 0 amide bonds. The fraction of sp³-hybridized carbons (Fsp3) is 0.615. The average Bonchev–Trinajstić information content (AvgIpc) is 2.42. The maximum atomic E-state index is 5.52. The molecule has 102 valence electrons. The Morgan fingerprint density at radius 1 is 1.17 bits per heavy atom. The highest BCUT2D eigenvalue weighted by atomic mass is 16.5. The summed E-state index contributed by atoms with van der Waals surface area (Å²) in [4.78, 5) is 4.23. The van der Waals surface area contributed by atoms with Gasteiger partial charge in [0.2, 0.25) is 0 Å². The van der Waals surface area contributed by atoms with Crippen molar-refractivity contribution in [1.82, 2.24) is 4.98 Å². The first-order valence-electron chi connectivity index (χ1n) is 6.14. The molecule has 0 bridgehead atoms. The normalized spacial score (nSPS) is 10.6. The first-order chi connectivity index (χ1) is 8.86. The van der Waals surface area contributed by atoms with E-state index in [1.807, 2.05) is 19.2 Å². The summed E-state index contributed by atoms with van der Waals surface area (Å²) < 4.78 is 15.7. The molecule has 0 fully saturated rings. The molecule has 1 aromatic rings. The molecule has 0 aliphatic heterocycles. The van der Waals surface area contributed by atoms with Crippen LogP contribution in [0, 0.1) is 0 Å². The lowest BCUT2D eigenvalue weighted by molar-refractivity contribution is 0.0478. The topological polar surface area (TPSA) is 52.6 Å². The fourth-order valence-corrected chi connectivity index (χ4v) is 1.40. The largest absolute Gasteiger partial charge is 0.388 e. The summed E-state index contributed by atoms with van der Waals surface area (Å²) in [6.07, 6.45) is 2.66. The molecule has 0 atom stereocenters. The quantitative estimate of drug-likeness (QED) is 0.644. The minimum Gasteiger partial charge on any atom is -0.388 e. The van der Waals surface area contributed by atoms with Crippen molar-refractivity contribution in [3.63, 3.8) is 0 Å². The summed E-state index contributed by atoms with van der Waals surface area (Å²) >= 11 is 0. The molecule has 1 aromatic heterocycles. The molecule has 0 saturated heterocycles. The highest BCUT2D eigenvalue weighted by Gasteiger charge is 1.97. The lowest BCUT2D eigenvalue weighted by Gasteiger charge is -2.06. The van der Waals surface area contributed by atoms with Crippen molar-refractivity contribution in [2.45, 2.75) is 13.0 Å². The number of hydrogen-bond acceptors (Lipinski definition) is 5. The van der Waals surface area contributed by atoms with Gasteiger partial charge >= 0.3 is 0 Å². The van der Waals surface area contributed by atoms with Crippen molar-refractivity contribution in [3.05, 3.63) is 24.0 Å². The van der Waals surface area contributed by atoms with E-state index in [0.29, 0.717) is 33.0 Å². The van der Waals surface area contributed by atoms with E-state index >= 15 is 0 Å². The number of pyridine rings is 1. The van der Waals surface area contributed by atoms with Gasteiger partial charge in [0.1, 0.15) is 0 Å². The number of methoxy groups -OCH3 is 1. The summed E-state index contributed by atoms with van der Waals surface area (Å²) in [5.74, 6) is 0. The number of nitrogens with one attached hydrogen (secondary N) is 1. The second-order valence-corrected chi connectivity index (χ2v) is 3.80. The van der Waals surface area contributed by atoms with Crippen LogP contribution in [0.15, 0.2) is 18.3 Å². The highest BCUT2D eigenvalue weighted by Crippen LogP contribution is 2.07. The minimum atomic E-state index is 0.535. The Labute approximate surface area is 108 Å². The van der Waals surface area contributed by atoms with E-state index in [4.69, 9.17) is 14.2 Å². The SMILES string of the molecule is CNc1ccnc(COCCCOCCOC)c1. The molecule has 0 radical (unpaired) electrons. The molecule has 18 heavy (non-hydrogen) atoms. The molecule has 5 nitrogen and oxygen atoms in total. The van der Waals surface area contributed by atoms with E-state index < -0.39 is 0 Å². The van der Waals surface area contributed by atoms with E-state index in [9.17, 15) is 0 Å². The molecule has 0 aromatic carbocycles. The second kappa shape index (κ2) is 9.82. The molecule has 0 unspecified atom stereocenters. The van der Waals surface area contributed by atoms with Crippen LogP contribution in [0.25, 0.3) is 0 Å². The first kappa shape index (κ1) is 14.9. The molecule has 1 N–H and O–H groups in total. The van der Waals surface area contributed by atoms with Gasteiger partial charge in [0.05, 0.1) is 25.5 Å². The Hall–Kier alpha value is -1.17. The van der Waals surface area contributed by atoms with Crippen LogP contribution in [0.2, 0.25) is 0 Å². The van der Waals surface area contributed by atoms with Crippen molar-refractivity contribution in [1.29, 1.82) is 0 Å². The third kappa shape index (κ3) is 6.54. The Bertz CT molecular complexity index is 321. The molecule has 5 heteroatoms. The van der Waals surface area contributed by atoms with Gasteiger partial charge in [-0.15, -0.1) is 0 Å². The van der Waals surface area contributed by atoms with Gasteiger partial charge in [0, 0.05) is 39.3 Å². The number of ether oxygens (including phenoxy) is 3. The van der Waals surface area contributed by atoms with Crippen LogP contribution in [0.1, 0.15) is 12.1 Å². The van der Waals surface area contributed by atoms with Crippen molar-refractivity contribution < 1.29 is 14.2 Å². The van der Waals surface area contributed by atoms with Crippen LogP contribution in [0.4, 0.5) is 5.69 Å².